The van der Waals surface area contributed by atoms with Gasteiger partial charge >= 0.3 is 0 Å². The molecule has 0 nitrogen and oxygen atoms in total. The van der Waals surface area contributed by atoms with E-state index >= 15 is 0 Å². The van der Waals surface area contributed by atoms with Crippen LogP contribution in [0.5, 0.6) is 0 Å². The fraction of sp³-hybridized carbons (Fsp3) is 1.00. The molecule has 0 saturated heterocycles. The van der Waals surface area contributed by atoms with Crippen LogP contribution in [0, 0.1) is 11.8 Å². The van der Waals surface area contributed by atoms with Gasteiger partial charge in [-0.3, -0.25) is 0 Å². The summed E-state index contributed by atoms with van der Waals surface area (Å²) in [5.74, 6) is 3.72. The summed E-state index contributed by atoms with van der Waals surface area (Å²) in [5.41, 5.74) is 0. The van der Waals surface area contributed by atoms with Crippen molar-refractivity contribution in [3.8, 4) is 0 Å². The van der Waals surface area contributed by atoms with Crippen molar-refractivity contribution in [3.05, 3.63) is 0 Å². The lowest BCUT2D eigenvalue weighted by atomic mass is 9.85. The van der Waals surface area contributed by atoms with Crippen LogP contribution in [0.15, 0.2) is 0 Å². The Morgan fingerprint density at radius 1 is 0.686 bits per heavy atom. The third-order valence-electron chi connectivity index (χ3n) is 5.63. The first kappa shape index (κ1) is 38.6. The lowest BCUT2D eigenvalue weighted by Gasteiger charge is -2.41. The van der Waals surface area contributed by atoms with Crippen LogP contribution < -0.4 is 0 Å². The number of rotatable bonds is 21. The van der Waals surface area contributed by atoms with Crippen LogP contribution in [0.3, 0.4) is 0 Å². The smallest absolute Gasteiger partial charge is 0.0568 e. The molecule has 0 N–H and O–H groups in total. The molecular formula is C19H38S16. The van der Waals surface area contributed by atoms with Crippen LogP contribution in [0.2, 0.25) is 0 Å². The Morgan fingerprint density at radius 3 is 1.71 bits per heavy atom. The van der Waals surface area contributed by atoms with Gasteiger partial charge in [-0.05, 0) is 18.1 Å². The van der Waals surface area contributed by atoms with Gasteiger partial charge in [0.2, 0.25) is 0 Å². The van der Waals surface area contributed by atoms with Crippen molar-refractivity contribution in [2.45, 2.75) is 47.8 Å². The molecule has 0 bridgehead atoms. The molecule has 1 fully saturated rings. The largest absolute Gasteiger partial charge is 0.178 e. The maximum atomic E-state index is 5.31. The first-order chi connectivity index (χ1) is 16.8. The zero-order chi connectivity index (χ0) is 26.4. The minimum absolute atomic E-state index is 0.115. The predicted molar refractivity (Wildman–Crippen MR) is 216 cm³/mol. The fourth-order valence-corrected chi connectivity index (χ4v) is 18.1. The highest BCUT2D eigenvalue weighted by Gasteiger charge is 2.42. The van der Waals surface area contributed by atoms with Gasteiger partial charge in [0, 0.05) is 79.6 Å². The number of hydrogen-bond donors (Lipinski definition) is 10. The summed E-state index contributed by atoms with van der Waals surface area (Å²) in [6, 6.07) is 0. The summed E-state index contributed by atoms with van der Waals surface area (Å²) in [6.45, 7) is 0. The molecule has 0 aromatic carbocycles. The van der Waals surface area contributed by atoms with Gasteiger partial charge < -0.3 is 0 Å². The van der Waals surface area contributed by atoms with Crippen molar-refractivity contribution < 1.29 is 0 Å². The van der Waals surface area contributed by atoms with E-state index < -0.39 is 0 Å². The molecule has 1 aliphatic carbocycles. The fourth-order valence-electron chi connectivity index (χ4n) is 3.70. The van der Waals surface area contributed by atoms with E-state index in [0.717, 1.165) is 43.4 Å². The van der Waals surface area contributed by atoms with Gasteiger partial charge in [-0.2, -0.15) is 138 Å². The molecule has 8 atom stereocenters. The summed E-state index contributed by atoms with van der Waals surface area (Å²) in [6.07, 6.45) is 1.12. The Morgan fingerprint density at radius 2 is 1.23 bits per heavy atom. The molecule has 0 spiro atoms. The van der Waals surface area contributed by atoms with E-state index in [9.17, 15) is 0 Å². The molecule has 8 unspecified atom stereocenters. The van der Waals surface area contributed by atoms with Gasteiger partial charge in [-0.1, -0.05) is 0 Å². The van der Waals surface area contributed by atoms with Crippen molar-refractivity contribution in [1.29, 1.82) is 0 Å². The molecule has 0 radical (unpaired) electrons. The van der Waals surface area contributed by atoms with Crippen molar-refractivity contribution in [2.24, 2.45) is 11.8 Å². The highest BCUT2D eigenvalue weighted by Crippen LogP contribution is 2.46. The molecule has 0 aromatic heterocycles. The van der Waals surface area contributed by atoms with E-state index in [4.69, 9.17) is 37.9 Å². The zero-order valence-electron chi connectivity index (χ0n) is 19.1. The molecule has 1 saturated carbocycles. The topological polar surface area (TPSA) is 0 Å². The van der Waals surface area contributed by atoms with Gasteiger partial charge in [0.25, 0.3) is 0 Å². The summed E-state index contributed by atoms with van der Waals surface area (Å²) in [4.78, 5) is 0. The Hall–Kier alpha value is 5.60. The predicted octanol–water partition coefficient (Wildman–Crippen LogP) is 8.01. The maximum absolute atomic E-state index is 5.31. The van der Waals surface area contributed by atoms with E-state index in [-0.39, 0.29) is 32.2 Å². The van der Waals surface area contributed by atoms with E-state index in [1.54, 1.807) is 0 Å². The van der Waals surface area contributed by atoms with Crippen LogP contribution in [0.1, 0.15) is 6.42 Å². The SMILES string of the molecule is SCSC(SCS)C(C(S)CSCSCC1C(S)CC1S)C(S)C(SCS)C(SCS)C(S)CS. The standard InChI is InChI=1S/C19H38S16/c20-2-13(27)17(32-5-21)18(33-6-22)16(29)15(19(34-7-23)35-8-24)14(28)4-31-9-30-3-10-11(25)1-12(10)26/h10-29H,1-9H2. The van der Waals surface area contributed by atoms with Gasteiger partial charge in [-0.25, -0.2) is 0 Å². The maximum Gasteiger partial charge on any atom is 0.0568 e. The third-order valence-corrected chi connectivity index (χ3v) is 19.0. The highest BCUT2D eigenvalue weighted by molar-refractivity contribution is 8.23. The average Bonchev–Trinajstić information content (AvgIpc) is 2.83. The average molecular weight is 780 g/mol. The second-order valence-electron chi connectivity index (χ2n) is 7.76. The van der Waals surface area contributed by atoms with E-state index in [1.807, 2.05) is 70.6 Å². The Balaban J connectivity index is 2.94. The minimum Gasteiger partial charge on any atom is -0.178 e. The van der Waals surface area contributed by atoms with Gasteiger partial charge in [0.15, 0.2) is 0 Å². The number of thiol groups is 10. The number of thioether (sulfide) groups is 6. The lowest BCUT2D eigenvalue weighted by molar-refractivity contribution is 0.391. The Kier molecular flexibility index (Phi) is 25.4. The summed E-state index contributed by atoms with van der Waals surface area (Å²) in [7, 11) is 0. The van der Waals surface area contributed by atoms with Gasteiger partial charge in [0.1, 0.15) is 0 Å². The van der Waals surface area contributed by atoms with Crippen LogP contribution in [-0.2, 0) is 0 Å². The van der Waals surface area contributed by atoms with Crippen LogP contribution in [0.25, 0.3) is 0 Å². The lowest BCUT2D eigenvalue weighted by Crippen LogP contribution is -2.46. The van der Waals surface area contributed by atoms with E-state index in [0.29, 0.717) is 26.8 Å². The summed E-state index contributed by atoms with van der Waals surface area (Å²) < 4.78 is 0.312. The summed E-state index contributed by atoms with van der Waals surface area (Å²) >= 11 is 58.8. The normalized spacial score (nSPS) is 25.6. The van der Waals surface area contributed by atoms with Crippen LogP contribution in [-0.4, -0.2) is 84.0 Å². The first-order valence-electron chi connectivity index (χ1n) is 10.8. The van der Waals surface area contributed by atoms with Gasteiger partial charge in [0.05, 0.1) is 4.58 Å². The first-order valence-corrected chi connectivity index (χ1v) is 23.1. The molecule has 0 aliphatic heterocycles. The van der Waals surface area contributed by atoms with Crippen molar-refractivity contribution in [1.82, 2.24) is 0 Å². The van der Waals surface area contributed by atoms with Crippen LogP contribution >= 0.6 is 197 Å². The Bertz CT molecular complexity index is 515. The van der Waals surface area contributed by atoms with Crippen molar-refractivity contribution >= 4 is 197 Å². The van der Waals surface area contributed by atoms with Crippen molar-refractivity contribution in [2.75, 3.05) is 42.7 Å². The molecule has 0 aromatic rings. The number of hydrogen-bond acceptors (Lipinski definition) is 16. The molecule has 210 valence electrons. The minimum atomic E-state index is 0.115. The third kappa shape index (κ3) is 13.8. The molecule has 1 rings (SSSR count). The van der Waals surface area contributed by atoms with Gasteiger partial charge in [-0.15, -0.1) is 58.8 Å². The van der Waals surface area contributed by atoms with Crippen LogP contribution in [0.4, 0.5) is 0 Å². The summed E-state index contributed by atoms with van der Waals surface area (Å²) in [5, 5.41) is 6.06. The monoisotopic (exact) mass is 778 g/mol. The molecular weight excluding hydrogens is 741 g/mol. The molecule has 16 heteroatoms. The second-order valence-corrected chi connectivity index (χ2v) is 21.7. The van der Waals surface area contributed by atoms with E-state index in [1.165, 1.54) is 0 Å². The molecule has 0 heterocycles. The van der Waals surface area contributed by atoms with Crippen molar-refractivity contribution in [3.63, 3.8) is 0 Å². The van der Waals surface area contributed by atoms with E-state index in [2.05, 4.69) is 88.4 Å². The second kappa shape index (κ2) is 23.0. The molecule has 0 amide bonds. The Labute approximate surface area is 295 Å². The zero-order valence-corrected chi connectivity index (χ0v) is 32.9. The molecule has 1 aliphatic rings. The molecule has 35 heavy (non-hydrogen) atoms. The highest BCUT2D eigenvalue weighted by atomic mass is 32.2. The quantitative estimate of drug-likeness (QED) is 0.0324.